The number of amides is 1. The zero-order valence-corrected chi connectivity index (χ0v) is 15.1. The van der Waals surface area contributed by atoms with Gasteiger partial charge in [-0.2, -0.15) is 0 Å². The fraction of sp³-hybridized carbons (Fsp3) is 0.278. The summed E-state index contributed by atoms with van der Waals surface area (Å²) < 4.78 is 3.00. The fourth-order valence-corrected chi connectivity index (χ4v) is 3.57. The average molecular weight is 357 g/mol. The molecule has 3 aromatic rings. The molecule has 2 heterocycles. The van der Waals surface area contributed by atoms with E-state index < -0.39 is 5.69 Å². The summed E-state index contributed by atoms with van der Waals surface area (Å²) in [5.41, 5.74) is 2.64. The number of carbonyl (C=O) groups is 1. The normalized spacial score (nSPS) is 11.0. The van der Waals surface area contributed by atoms with Crippen LogP contribution in [0.25, 0.3) is 10.2 Å². The standard InChI is InChI=1S/C18H19N3O3S/c1-4-20-17(23)16-14(7-8-25-16)21(18(20)24)10-15(22)19-13-6-5-11(2)12(3)9-13/h5-9H,4,10H2,1-3H3,(H,19,22). The minimum Gasteiger partial charge on any atom is -0.325 e. The van der Waals surface area contributed by atoms with Crippen LogP contribution in [-0.4, -0.2) is 15.0 Å². The second kappa shape index (κ2) is 6.68. The number of anilines is 1. The van der Waals surface area contributed by atoms with Crippen molar-refractivity contribution in [2.75, 3.05) is 5.32 Å². The van der Waals surface area contributed by atoms with Gasteiger partial charge in [0.15, 0.2) is 0 Å². The molecule has 7 heteroatoms. The van der Waals surface area contributed by atoms with Gasteiger partial charge in [0.05, 0.1) is 5.52 Å². The number of nitrogens with one attached hydrogen (secondary N) is 1. The number of hydrogen-bond donors (Lipinski definition) is 1. The fourth-order valence-electron chi connectivity index (χ4n) is 2.73. The van der Waals surface area contributed by atoms with Crippen molar-refractivity contribution in [2.45, 2.75) is 33.9 Å². The molecule has 0 atom stereocenters. The van der Waals surface area contributed by atoms with E-state index in [9.17, 15) is 14.4 Å². The van der Waals surface area contributed by atoms with Gasteiger partial charge in [0.25, 0.3) is 5.56 Å². The highest BCUT2D eigenvalue weighted by Crippen LogP contribution is 2.16. The van der Waals surface area contributed by atoms with Gasteiger partial charge in [0.1, 0.15) is 11.2 Å². The van der Waals surface area contributed by atoms with Crippen molar-refractivity contribution < 1.29 is 4.79 Å². The molecular formula is C18H19N3O3S. The van der Waals surface area contributed by atoms with Crippen molar-refractivity contribution in [1.29, 1.82) is 0 Å². The Kier molecular flexibility index (Phi) is 4.59. The average Bonchev–Trinajstić information content (AvgIpc) is 3.05. The van der Waals surface area contributed by atoms with Crippen LogP contribution in [0.1, 0.15) is 18.1 Å². The number of aromatic nitrogens is 2. The van der Waals surface area contributed by atoms with E-state index in [2.05, 4.69) is 5.32 Å². The van der Waals surface area contributed by atoms with Crippen LogP contribution in [0, 0.1) is 13.8 Å². The minimum atomic E-state index is -0.464. The SMILES string of the molecule is CCn1c(=O)c2sccc2n(CC(=O)Nc2ccc(C)c(C)c2)c1=O. The molecule has 0 aliphatic rings. The number of carbonyl (C=O) groups excluding carboxylic acids is 1. The van der Waals surface area contributed by atoms with Crippen molar-refractivity contribution in [1.82, 2.24) is 9.13 Å². The van der Waals surface area contributed by atoms with Crippen LogP contribution in [-0.2, 0) is 17.9 Å². The summed E-state index contributed by atoms with van der Waals surface area (Å²) in [6, 6.07) is 7.36. The van der Waals surface area contributed by atoms with Crippen LogP contribution in [0.15, 0.2) is 39.2 Å². The lowest BCUT2D eigenvalue weighted by atomic mass is 10.1. The van der Waals surface area contributed by atoms with Gasteiger partial charge in [-0.25, -0.2) is 4.79 Å². The van der Waals surface area contributed by atoms with E-state index in [0.29, 0.717) is 15.9 Å². The quantitative estimate of drug-likeness (QED) is 0.780. The van der Waals surface area contributed by atoms with Crippen molar-refractivity contribution in [2.24, 2.45) is 0 Å². The smallest absolute Gasteiger partial charge is 0.325 e. The molecular weight excluding hydrogens is 338 g/mol. The maximum absolute atomic E-state index is 12.6. The topological polar surface area (TPSA) is 73.1 Å². The van der Waals surface area contributed by atoms with Crippen LogP contribution in [0.2, 0.25) is 0 Å². The van der Waals surface area contributed by atoms with Crippen molar-refractivity contribution in [3.05, 3.63) is 61.6 Å². The van der Waals surface area contributed by atoms with Crippen molar-refractivity contribution >= 4 is 33.1 Å². The number of fused-ring (bicyclic) bond motifs is 1. The number of hydrogen-bond acceptors (Lipinski definition) is 4. The minimum absolute atomic E-state index is 0.140. The zero-order valence-electron chi connectivity index (χ0n) is 14.3. The summed E-state index contributed by atoms with van der Waals surface area (Å²) in [5.74, 6) is -0.306. The molecule has 0 spiro atoms. The summed E-state index contributed by atoms with van der Waals surface area (Å²) >= 11 is 1.28. The highest BCUT2D eigenvalue weighted by Gasteiger charge is 2.15. The first kappa shape index (κ1) is 17.2. The van der Waals surface area contributed by atoms with Gasteiger partial charge in [0, 0.05) is 12.2 Å². The third-order valence-electron chi connectivity index (χ3n) is 4.25. The molecule has 0 unspecified atom stereocenters. The van der Waals surface area contributed by atoms with Gasteiger partial charge in [-0.3, -0.25) is 18.7 Å². The molecule has 2 aromatic heterocycles. The number of rotatable bonds is 4. The van der Waals surface area contributed by atoms with Gasteiger partial charge in [-0.1, -0.05) is 6.07 Å². The number of thiophene rings is 1. The Morgan fingerprint density at radius 3 is 2.56 bits per heavy atom. The van der Waals surface area contributed by atoms with E-state index in [4.69, 9.17) is 0 Å². The number of aryl methyl sites for hydroxylation is 2. The maximum Gasteiger partial charge on any atom is 0.331 e. The van der Waals surface area contributed by atoms with E-state index in [0.717, 1.165) is 15.7 Å². The highest BCUT2D eigenvalue weighted by atomic mass is 32.1. The van der Waals surface area contributed by atoms with Crippen molar-refractivity contribution in [3.63, 3.8) is 0 Å². The first-order valence-electron chi connectivity index (χ1n) is 8.00. The monoisotopic (exact) mass is 357 g/mol. The third kappa shape index (κ3) is 3.15. The second-order valence-corrected chi connectivity index (χ2v) is 6.82. The molecule has 3 rings (SSSR count). The Morgan fingerprint density at radius 2 is 1.88 bits per heavy atom. The predicted molar refractivity (Wildman–Crippen MR) is 101 cm³/mol. The molecule has 0 saturated carbocycles. The van der Waals surface area contributed by atoms with Crippen LogP contribution in [0.5, 0.6) is 0 Å². The Balaban J connectivity index is 1.96. The van der Waals surface area contributed by atoms with E-state index in [-0.39, 0.29) is 24.6 Å². The molecule has 0 aliphatic heterocycles. The molecule has 130 valence electrons. The van der Waals surface area contributed by atoms with Gasteiger partial charge < -0.3 is 5.32 Å². The Bertz CT molecular complexity index is 1080. The molecule has 1 aromatic carbocycles. The van der Waals surface area contributed by atoms with Crippen LogP contribution in [0.4, 0.5) is 5.69 Å². The van der Waals surface area contributed by atoms with Gasteiger partial charge in [-0.05, 0) is 55.5 Å². The van der Waals surface area contributed by atoms with Gasteiger partial charge >= 0.3 is 5.69 Å². The molecule has 0 saturated heterocycles. The number of benzene rings is 1. The van der Waals surface area contributed by atoms with Gasteiger partial charge in [-0.15, -0.1) is 11.3 Å². The van der Waals surface area contributed by atoms with E-state index in [1.807, 2.05) is 32.0 Å². The summed E-state index contributed by atoms with van der Waals surface area (Å²) in [6.07, 6.45) is 0. The summed E-state index contributed by atoms with van der Waals surface area (Å²) in [7, 11) is 0. The molecule has 0 radical (unpaired) electrons. The zero-order chi connectivity index (χ0) is 18.1. The molecule has 1 amide bonds. The second-order valence-electron chi connectivity index (χ2n) is 5.90. The van der Waals surface area contributed by atoms with E-state index >= 15 is 0 Å². The lowest BCUT2D eigenvalue weighted by Crippen LogP contribution is -2.40. The van der Waals surface area contributed by atoms with Crippen LogP contribution in [0.3, 0.4) is 0 Å². The van der Waals surface area contributed by atoms with Crippen LogP contribution < -0.4 is 16.6 Å². The van der Waals surface area contributed by atoms with E-state index in [1.54, 1.807) is 18.4 Å². The molecule has 0 aliphatic carbocycles. The molecule has 25 heavy (non-hydrogen) atoms. The molecule has 0 fully saturated rings. The van der Waals surface area contributed by atoms with Crippen molar-refractivity contribution in [3.8, 4) is 0 Å². The predicted octanol–water partition coefficient (Wildman–Crippen LogP) is 2.50. The molecule has 6 nitrogen and oxygen atoms in total. The molecule has 0 bridgehead atoms. The Morgan fingerprint density at radius 1 is 1.12 bits per heavy atom. The maximum atomic E-state index is 12.6. The summed E-state index contributed by atoms with van der Waals surface area (Å²) in [5, 5.41) is 4.57. The lowest BCUT2D eigenvalue weighted by Gasteiger charge is -2.12. The Hall–Kier alpha value is -2.67. The Labute approximate surface area is 148 Å². The largest absolute Gasteiger partial charge is 0.331 e. The van der Waals surface area contributed by atoms with E-state index in [1.165, 1.54) is 15.9 Å². The first-order chi connectivity index (χ1) is 11.9. The number of nitrogens with zero attached hydrogens (tertiary/aromatic N) is 2. The highest BCUT2D eigenvalue weighted by molar-refractivity contribution is 7.17. The van der Waals surface area contributed by atoms with Gasteiger partial charge in [0.2, 0.25) is 5.91 Å². The summed E-state index contributed by atoms with van der Waals surface area (Å²) in [4.78, 5) is 37.3. The lowest BCUT2D eigenvalue weighted by molar-refractivity contribution is -0.116. The summed E-state index contributed by atoms with van der Waals surface area (Å²) in [6.45, 7) is 5.84. The van der Waals surface area contributed by atoms with Crippen LogP contribution >= 0.6 is 11.3 Å². The third-order valence-corrected chi connectivity index (χ3v) is 5.14. The first-order valence-corrected chi connectivity index (χ1v) is 8.88. The molecule has 1 N–H and O–H groups in total.